The van der Waals surface area contributed by atoms with E-state index in [1.54, 1.807) is 0 Å². The van der Waals surface area contributed by atoms with E-state index in [1.165, 1.54) is 22.5 Å². The third-order valence-corrected chi connectivity index (χ3v) is 7.91. The maximum Gasteiger partial charge on any atom is 0.132 e. The topological polar surface area (TPSA) is 41.1 Å². The van der Waals surface area contributed by atoms with E-state index in [4.69, 9.17) is 4.98 Å². The molecular formula is C30H46N4. The number of hydrogen-bond donors (Lipinski definition) is 1. The maximum absolute atomic E-state index is 5.08. The van der Waals surface area contributed by atoms with Gasteiger partial charge in [-0.2, -0.15) is 0 Å². The molecule has 2 aliphatic rings. The van der Waals surface area contributed by atoms with Crippen molar-refractivity contribution >= 4 is 11.6 Å². The quantitative estimate of drug-likeness (QED) is 0.522. The van der Waals surface area contributed by atoms with Crippen LogP contribution in [0.4, 0.5) is 11.6 Å². The highest BCUT2D eigenvalue weighted by molar-refractivity contribution is 5.58. The van der Waals surface area contributed by atoms with Crippen molar-refractivity contribution in [2.45, 2.75) is 113 Å². The molecule has 0 saturated carbocycles. The highest BCUT2D eigenvalue weighted by atomic mass is 15.3. The molecule has 0 saturated heterocycles. The van der Waals surface area contributed by atoms with E-state index >= 15 is 0 Å². The van der Waals surface area contributed by atoms with Crippen molar-refractivity contribution in [2.75, 3.05) is 10.2 Å². The highest BCUT2D eigenvalue weighted by Gasteiger charge is 2.48. The summed E-state index contributed by atoms with van der Waals surface area (Å²) in [5, 5.41) is 3.82. The number of pyridine rings is 2. The molecule has 2 aliphatic heterocycles. The first-order chi connectivity index (χ1) is 15.5. The summed E-state index contributed by atoms with van der Waals surface area (Å²) in [7, 11) is 0. The maximum atomic E-state index is 5.08. The van der Waals surface area contributed by atoms with E-state index in [-0.39, 0.29) is 21.8 Å². The smallest absolute Gasteiger partial charge is 0.132 e. The van der Waals surface area contributed by atoms with Crippen molar-refractivity contribution in [3.63, 3.8) is 0 Å². The standard InChI is InChI=1S/C30H46N4/c1-27(2,3)22-16-20-15-19(18-32-26(20)34(22)29(7,8)9)17-30(10,11)24-23(28(4,5)6)21-13-12-14-31-25(21)33-24/h12-15,18,22-24H,16-17H2,1-11H3,(H,31,33). The summed E-state index contributed by atoms with van der Waals surface area (Å²) < 4.78 is 0. The molecule has 4 nitrogen and oxygen atoms in total. The zero-order chi connectivity index (χ0) is 25.3. The molecule has 0 aromatic carbocycles. The molecule has 3 atom stereocenters. The van der Waals surface area contributed by atoms with Gasteiger partial charge in [-0.25, -0.2) is 9.97 Å². The van der Waals surface area contributed by atoms with E-state index in [2.05, 4.69) is 116 Å². The van der Waals surface area contributed by atoms with Crippen LogP contribution in [-0.4, -0.2) is 27.6 Å². The third-order valence-electron chi connectivity index (χ3n) is 7.91. The van der Waals surface area contributed by atoms with Gasteiger partial charge in [0, 0.05) is 41.5 Å². The number of nitrogens with zero attached hydrogens (tertiary/aromatic N) is 3. The molecule has 0 aliphatic carbocycles. The van der Waals surface area contributed by atoms with Gasteiger partial charge in [0.15, 0.2) is 0 Å². The first kappa shape index (κ1) is 25.0. The lowest BCUT2D eigenvalue weighted by atomic mass is 9.65. The number of aromatic nitrogens is 2. The SMILES string of the molecule is CC(C)(C)C1c2cccnc2NC1C(C)(C)Cc1cnc2c(c1)CC(C(C)(C)C)N2C(C)(C)C. The summed E-state index contributed by atoms with van der Waals surface area (Å²) >= 11 is 0. The van der Waals surface area contributed by atoms with Gasteiger partial charge < -0.3 is 10.2 Å². The van der Waals surface area contributed by atoms with Crippen LogP contribution in [0.2, 0.25) is 0 Å². The number of anilines is 2. The predicted molar refractivity (Wildman–Crippen MR) is 145 cm³/mol. The van der Waals surface area contributed by atoms with Crippen LogP contribution in [0.5, 0.6) is 0 Å². The lowest BCUT2D eigenvalue weighted by molar-refractivity contribution is 0.197. The molecule has 186 valence electrons. The lowest BCUT2D eigenvalue weighted by Gasteiger charge is -2.44. The molecule has 3 unspecified atom stereocenters. The van der Waals surface area contributed by atoms with Crippen molar-refractivity contribution in [3.8, 4) is 0 Å². The van der Waals surface area contributed by atoms with Crippen LogP contribution in [0.15, 0.2) is 30.6 Å². The normalized spacial score (nSPS) is 23.0. The second-order valence-corrected chi connectivity index (χ2v) is 14.5. The second kappa shape index (κ2) is 7.96. The minimum Gasteiger partial charge on any atom is -0.366 e. The van der Waals surface area contributed by atoms with E-state index in [1.807, 2.05) is 6.20 Å². The summed E-state index contributed by atoms with van der Waals surface area (Å²) in [5.74, 6) is 2.65. The van der Waals surface area contributed by atoms with Gasteiger partial charge in [0.05, 0.1) is 0 Å². The van der Waals surface area contributed by atoms with Gasteiger partial charge in [-0.1, -0.05) is 67.5 Å². The van der Waals surface area contributed by atoms with E-state index < -0.39 is 0 Å². The Kier molecular flexibility index (Phi) is 5.86. The van der Waals surface area contributed by atoms with Crippen LogP contribution in [0.1, 0.15) is 98.8 Å². The monoisotopic (exact) mass is 462 g/mol. The Morgan fingerprint density at radius 1 is 0.941 bits per heavy atom. The first-order valence-corrected chi connectivity index (χ1v) is 13.0. The number of rotatable bonds is 3. The van der Waals surface area contributed by atoms with Crippen LogP contribution < -0.4 is 10.2 Å². The fourth-order valence-electron chi connectivity index (χ4n) is 6.39. The minimum atomic E-state index is 0.0420. The van der Waals surface area contributed by atoms with Crippen LogP contribution in [0, 0.1) is 16.2 Å². The van der Waals surface area contributed by atoms with E-state index in [0.717, 1.165) is 18.7 Å². The van der Waals surface area contributed by atoms with Crippen molar-refractivity contribution in [1.29, 1.82) is 0 Å². The summed E-state index contributed by atoms with van der Waals surface area (Å²) in [6.45, 7) is 25.9. The largest absolute Gasteiger partial charge is 0.366 e. The number of nitrogens with one attached hydrogen (secondary N) is 1. The van der Waals surface area contributed by atoms with Gasteiger partial charge >= 0.3 is 0 Å². The Bertz CT molecular complexity index is 1050. The Labute approximate surface area is 208 Å². The van der Waals surface area contributed by atoms with Gasteiger partial charge in [0.1, 0.15) is 11.6 Å². The zero-order valence-corrected chi connectivity index (χ0v) is 23.4. The van der Waals surface area contributed by atoms with Gasteiger partial charge in [-0.15, -0.1) is 0 Å². The predicted octanol–water partition coefficient (Wildman–Crippen LogP) is 7.25. The van der Waals surface area contributed by atoms with E-state index in [9.17, 15) is 0 Å². The summed E-state index contributed by atoms with van der Waals surface area (Å²) in [4.78, 5) is 12.3. The molecule has 0 bridgehead atoms. The van der Waals surface area contributed by atoms with Crippen molar-refractivity contribution in [2.24, 2.45) is 16.2 Å². The number of hydrogen-bond acceptors (Lipinski definition) is 4. The molecule has 1 N–H and O–H groups in total. The van der Waals surface area contributed by atoms with E-state index in [0.29, 0.717) is 18.0 Å². The van der Waals surface area contributed by atoms with Gasteiger partial charge in [-0.3, -0.25) is 0 Å². The molecule has 4 heteroatoms. The first-order valence-electron chi connectivity index (χ1n) is 13.0. The molecule has 0 amide bonds. The summed E-state index contributed by atoms with van der Waals surface area (Å²) in [6, 6.07) is 7.55. The fraction of sp³-hybridized carbons (Fsp3) is 0.667. The lowest BCUT2D eigenvalue weighted by Crippen LogP contribution is -2.51. The Morgan fingerprint density at radius 3 is 2.21 bits per heavy atom. The molecule has 0 radical (unpaired) electrons. The minimum absolute atomic E-state index is 0.0420. The number of fused-ring (bicyclic) bond motifs is 2. The van der Waals surface area contributed by atoms with Crippen molar-refractivity contribution < 1.29 is 0 Å². The molecule has 34 heavy (non-hydrogen) atoms. The third kappa shape index (κ3) is 4.45. The summed E-state index contributed by atoms with van der Waals surface area (Å²) in [6.07, 6.45) is 6.09. The highest BCUT2D eigenvalue weighted by Crippen LogP contribution is 2.51. The van der Waals surface area contributed by atoms with Crippen molar-refractivity contribution in [3.05, 3.63) is 47.3 Å². The molecule has 2 aromatic heterocycles. The van der Waals surface area contributed by atoms with Crippen LogP contribution >= 0.6 is 0 Å². The molecule has 4 heterocycles. The zero-order valence-electron chi connectivity index (χ0n) is 23.4. The summed E-state index contributed by atoms with van der Waals surface area (Å²) in [5.41, 5.74) is 4.52. The van der Waals surface area contributed by atoms with Crippen LogP contribution in [0.25, 0.3) is 0 Å². The second-order valence-electron chi connectivity index (χ2n) is 14.5. The average molecular weight is 463 g/mol. The fourth-order valence-corrected chi connectivity index (χ4v) is 6.39. The molecular weight excluding hydrogens is 416 g/mol. The molecule has 2 aromatic rings. The Balaban J connectivity index is 1.64. The molecule has 0 spiro atoms. The molecule has 0 fully saturated rings. The Hall–Kier alpha value is -2.10. The van der Waals surface area contributed by atoms with Crippen LogP contribution in [0.3, 0.4) is 0 Å². The van der Waals surface area contributed by atoms with Gasteiger partial charge in [0.25, 0.3) is 0 Å². The molecule has 4 rings (SSSR count). The Morgan fingerprint density at radius 2 is 1.62 bits per heavy atom. The average Bonchev–Trinajstić information content (AvgIpc) is 3.26. The van der Waals surface area contributed by atoms with Gasteiger partial charge in [-0.05, 0) is 67.1 Å². The van der Waals surface area contributed by atoms with Crippen molar-refractivity contribution in [1.82, 2.24) is 9.97 Å². The van der Waals surface area contributed by atoms with Crippen LogP contribution in [-0.2, 0) is 12.8 Å². The van der Waals surface area contributed by atoms with Gasteiger partial charge in [0.2, 0.25) is 0 Å².